The average Bonchev–Trinajstić information content (AvgIpc) is 3.26. The Kier molecular flexibility index (Phi) is 6.08. The number of ether oxygens (including phenoxy) is 1. The summed E-state index contributed by atoms with van der Waals surface area (Å²) >= 11 is 0. The Morgan fingerprint density at radius 1 is 1.00 bits per heavy atom. The normalized spacial score (nSPS) is 21.5. The molecule has 1 unspecified atom stereocenters. The molecule has 2 saturated heterocycles. The highest BCUT2D eigenvalue weighted by Crippen LogP contribution is 2.36. The maximum atomic E-state index is 13.2. The number of amides is 5. The highest BCUT2D eigenvalue weighted by atomic mass is 16.5. The summed E-state index contributed by atoms with van der Waals surface area (Å²) in [6, 6.07) is 5.72. The molecule has 1 aliphatic carbocycles. The second-order valence-corrected chi connectivity index (χ2v) is 8.74. The van der Waals surface area contributed by atoms with Gasteiger partial charge in [-0.1, -0.05) is 25.0 Å². The number of carbonyl (C=O) groups excluding carboxylic acids is 4. The third-order valence-corrected chi connectivity index (χ3v) is 6.83. The quantitative estimate of drug-likeness (QED) is 0.715. The Balaban J connectivity index is 1.42. The molecule has 2 aliphatic heterocycles. The maximum absolute atomic E-state index is 13.2. The van der Waals surface area contributed by atoms with Gasteiger partial charge < -0.3 is 19.9 Å². The van der Waals surface area contributed by atoms with E-state index >= 15 is 0 Å². The number of para-hydroxylation sites is 1. The van der Waals surface area contributed by atoms with Gasteiger partial charge in [-0.05, 0) is 38.3 Å². The first kappa shape index (κ1) is 22.1. The van der Waals surface area contributed by atoms with Gasteiger partial charge in [-0.3, -0.25) is 14.4 Å². The zero-order valence-electron chi connectivity index (χ0n) is 18.6. The van der Waals surface area contributed by atoms with E-state index in [9.17, 15) is 19.2 Å². The van der Waals surface area contributed by atoms with Crippen molar-refractivity contribution < 1.29 is 23.9 Å². The largest absolute Gasteiger partial charge is 0.496 e. The number of nitrogens with one attached hydrogen (secondary N) is 1. The second kappa shape index (κ2) is 8.80. The molecule has 1 aromatic rings. The van der Waals surface area contributed by atoms with Crippen LogP contribution in [-0.2, 0) is 9.59 Å². The SMILES string of the molecule is COc1ccccc1C(=O)N1CCCN(C(=O)C(C)N2C(=O)NC3(CCCC3)C2=O)CC1. The van der Waals surface area contributed by atoms with E-state index < -0.39 is 17.6 Å². The first-order valence-electron chi connectivity index (χ1n) is 11.2. The summed E-state index contributed by atoms with van der Waals surface area (Å²) in [5.74, 6) is -0.177. The van der Waals surface area contributed by atoms with E-state index in [1.54, 1.807) is 34.9 Å². The van der Waals surface area contributed by atoms with Crippen molar-refractivity contribution in [3.8, 4) is 5.75 Å². The van der Waals surface area contributed by atoms with E-state index in [4.69, 9.17) is 4.74 Å². The number of benzene rings is 1. The fourth-order valence-electron chi connectivity index (χ4n) is 5.02. The Bertz CT molecular complexity index is 927. The molecule has 5 amide bonds. The standard InChI is InChI=1S/C23H30N4O5/c1-16(27-21(30)23(24-22(27)31)10-5-6-11-23)19(28)25-12-7-13-26(15-14-25)20(29)17-8-3-4-9-18(17)32-2/h3-4,8-9,16H,5-7,10-15H2,1-2H3,(H,24,31). The molecule has 3 aliphatic rings. The van der Waals surface area contributed by atoms with Crippen LogP contribution < -0.4 is 10.1 Å². The molecule has 1 N–H and O–H groups in total. The van der Waals surface area contributed by atoms with Crippen LogP contribution in [0.5, 0.6) is 5.75 Å². The summed E-state index contributed by atoms with van der Waals surface area (Å²) in [4.78, 5) is 56.3. The highest BCUT2D eigenvalue weighted by molar-refractivity contribution is 6.10. The van der Waals surface area contributed by atoms with Gasteiger partial charge in [0.15, 0.2) is 0 Å². The number of hydrogen-bond acceptors (Lipinski definition) is 5. The topological polar surface area (TPSA) is 99.3 Å². The number of hydrogen-bond donors (Lipinski definition) is 1. The molecule has 0 radical (unpaired) electrons. The zero-order chi connectivity index (χ0) is 22.9. The van der Waals surface area contributed by atoms with Gasteiger partial charge in [-0.25, -0.2) is 9.69 Å². The van der Waals surface area contributed by atoms with E-state index in [0.717, 1.165) is 17.7 Å². The smallest absolute Gasteiger partial charge is 0.325 e. The molecule has 3 fully saturated rings. The van der Waals surface area contributed by atoms with Crippen LogP contribution >= 0.6 is 0 Å². The molecule has 0 bridgehead atoms. The molecule has 172 valence electrons. The van der Waals surface area contributed by atoms with E-state index in [-0.39, 0.29) is 17.7 Å². The van der Waals surface area contributed by atoms with Gasteiger partial charge in [0.25, 0.3) is 11.8 Å². The fraction of sp³-hybridized carbons (Fsp3) is 0.565. The number of imide groups is 1. The van der Waals surface area contributed by atoms with Crippen LogP contribution in [0, 0.1) is 0 Å². The molecule has 9 heteroatoms. The van der Waals surface area contributed by atoms with Crippen LogP contribution in [0.4, 0.5) is 4.79 Å². The molecule has 0 aromatic heterocycles. The van der Waals surface area contributed by atoms with Crippen molar-refractivity contribution in [3.63, 3.8) is 0 Å². The fourth-order valence-corrected chi connectivity index (χ4v) is 5.02. The Hall–Kier alpha value is -3.10. The van der Waals surface area contributed by atoms with E-state index in [0.29, 0.717) is 56.8 Å². The molecular formula is C23H30N4O5. The van der Waals surface area contributed by atoms with Crippen molar-refractivity contribution in [2.24, 2.45) is 0 Å². The maximum Gasteiger partial charge on any atom is 0.325 e. The summed E-state index contributed by atoms with van der Waals surface area (Å²) in [6.45, 7) is 3.31. The van der Waals surface area contributed by atoms with Crippen molar-refractivity contribution in [1.82, 2.24) is 20.0 Å². The molecule has 32 heavy (non-hydrogen) atoms. The van der Waals surface area contributed by atoms with Crippen LogP contribution in [0.1, 0.15) is 49.4 Å². The van der Waals surface area contributed by atoms with Crippen LogP contribution in [-0.4, -0.2) is 83.3 Å². The molecule has 2 heterocycles. The number of rotatable bonds is 4. The van der Waals surface area contributed by atoms with E-state index in [1.165, 1.54) is 7.11 Å². The minimum Gasteiger partial charge on any atom is -0.496 e. The second-order valence-electron chi connectivity index (χ2n) is 8.74. The summed E-state index contributed by atoms with van der Waals surface area (Å²) in [5.41, 5.74) is -0.341. The van der Waals surface area contributed by atoms with Crippen LogP contribution in [0.25, 0.3) is 0 Å². The summed E-state index contributed by atoms with van der Waals surface area (Å²) in [7, 11) is 1.53. The van der Waals surface area contributed by atoms with Gasteiger partial charge in [0.2, 0.25) is 5.91 Å². The minimum absolute atomic E-state index is 0.137. The van der Waals surface area contributed by atoms with Crippen molar-refractivity contribution in [3.05, 3.63) is 29.8 Å². The van der Waals surface area contributed by atoms with Crippen molar-refractivity contribution in [2.75, 3.05) is 33.3 Å². The lowest BCUT2D eigenvalue weighted by atomic mass is 9.97. The Morgan fingerprint density at radius 2 is 1.66 bits per heavy atom. The van der Waals surface area contributed by atoms with Crippen LogP contribution in [0.3, 0.4) is 0 Å². The van der Waals surface area contributed by atoms with Gasteiger partial charge in [-0.15, -0.1) is 0 Å². The van der Waals surface area contributed by atoms with E-state index in [1.807, 2.05) is 6.07 Å². The zero-order valence-corrected chi connectivity index (χ0v) is 18.6. The number of urea groups is 1. The predicted octanol–water partition coefficient (Wildman–Crippen LogP) is 1.62. The number of carbonyl (C=O) groups is 4. The molecule has 4 rings (SSSR count). The van der Waals surface area contributed by atoms with Gasteiger partial charge in [0, 0.05) is 26.2 Å². The molecule has 1 atom stereocenters. The lowest BCUT2D eigenvalue weighted by Gasteiger charge is -2.29. The average molecular weight is 443 g/mol. The number of methoxy groups -OCH3 is 1. The lowest BCUT2D eigenvalue weighted by molar-refractivity contribution is -0.142. The van der Waals surface area contributed by atoms with Gasteiger partial charge in [-0.2, -0.15) is 0 Å². The molecule has 1 aromatic carbocycles. The first-order chi connectivity index (χ1) is 15.4. The van der Waals surface area contributed by atoms with Gasteiger partial charge in [0.1, 0.15) is 17.3 Å². The Morgan fingerprint density at radius 3 is 2.38 bits per heavy atom. The summed E-state index contributed by atoms with van der Waals surface area (Å²) in [5, 5.41) is 2.83. The van der Waals surface area contributed by atoms with Crippen LogP contribution in [0.15, 0.2) is 24.3 Å². The van der Waals surface area contributed by atoms with E-state index in [2.05, 4.69) is 5.32 Å². The lowest BCUT2D eigenvalue weighted by Crippen LogP contribution is -2.51. The Labute approximate surface area is 187 Å². The third kappa shape index (κ3) is 3.80. The minimum atomic E-state index is -0.876. The van der Waals surface area contributed by atoms with Gasteiger partial charge in [0.05, 0.1) is 12.7 Å². The molecule has 9 nitrogen and oxygen atoms in total. The van der Waals surface area contributed by atoms with Crippen LogP contribution in [0.2, 0.25) is 0 Å². The van der Waals surface area contributed by atoms with Crippen molar-refractivity contribution in [2.45, 2.75) is 50.6 Å². The monoisotopic (exact) mass is 442 g/mol. The van der Waals surface area contributed by atoms with Gasteiger partial charge >= 0.3 is 6.03 Å². The summed E-state index contributed by atoms with van der Waals surface area (Å²) < 4.78 is 5.31. The number of nitrogens with zero attached hydrogens (tertiary/aromatic N) is 3. The molecule has 1 saturated carbocycles. The third-order valence-electron chi connectivity index (χ3n) is 6.83. The molecule has 1 spiro atoms. The molecular weight excluding hydrogens is 412 g/mol. The summed E-state index contributed by atoms with van der Waals surface area (Å²) in [6.07, 6.45) is 3.65. The first-order valence-corrected chi connectivity index (χ1v) is 11.2. The predicted molar refractivity (Wildman–Crippen MR) is 116 cm³/mol. The van der Waals surface area contributed by atoms with Crippen molar-refractivity contribution >= 4 is 23.8 Å². The highest BCUT2D eigenvalue weighted by Gasteiger charge is 2.54. The van der Waals surface area contributed by atoms with Crippen molar-refractivity contribution in [1.29, 1.82) is 0 Å².